The third-order valence-corrected chi connectivity index (χ3v) is 2.87. The quantitative estimate of drug-likeness (QED) is 0.777. The summed E-state index contributed by atoms with van der Waals surface area (Å²) in [5.74, 6) is 0.0594. The van der Waals surface area contributed by atoms with E-state index in [0.717, 1.165) is 5.56 Å². The summed E-state index contributed by atoms with van der Waals surface area (Å²) in [6.07, 6.45) is 1.73. The molecule has 19 heavy (non-hydrogen) atoms. The van der Waals surface area contributed by atoms with Crippen LogP contribution in [0, 0.1) is 5.82 Å². The Bertz CT molecular complexity index is 554. The molecule has 100 valence electrons. The Balaban J connectivity index is 2.24. The van der Waals surface area contributed by atoms with Crippen LogP contribution in [0.15, 0.2) is 30.5 Å². The number of nitrogens with zero attached hydrogens (tertiary/aromatic N) is 2. The first-order valence-electron chi connectivity index (χ1n) is 6.03. The van der Waals surface area contributed by atoms with Gasteiger partial charge in [-0.3, -0.25) is 9.48 Å². The normalized spacial score (nSPS) is 10.5. The number of ketones is 1. The van der Waals surface area contributed by atoms with Crippen LogP contribution in [0.4, 0.5) is 4.39 Å². The molecule has 0 spiro atoms. The van der Waals surface area contributed by atoms with Crippen molar-refractivity contribution in [3.05, 3.63) is 47.5 Å². The number of benzene rings is 1. The second-order valence-corrected chi connectivity index (χ2v) is 4.10. The summed E-state index contributed by atoms with van der Waals surface area (Å²) in [7, 11) is 1.51. The van der Waals surface area contributed by atoms with E-state index >= 15 is 0 Å². The van der Waals surface area contributed by atoms with E-state index in [1.165, 1.54) is 25.4 Å². The zero-order valence-electron chi connectivity index (χ0n) is 10.9. The number of methoxy groups -OCH3 is 1. The number of hydrogen-bond acceptors (Lipinski definition) is 3. The van der Waals surface area contributed by atoms with Crippen LogP contribution in [-0.4, -0.2) is 22.7 Å². The molecule has 2 aromatic rings. The van der Waals surface area contributed by atoms with Crippen molar-refractivity contribution in [2.45, 2.75) is 19.9 Å². The van der Waals surface area contributed by atoms with E-state index < -0.39 is 0 Å². The van der Waals surface area contributed by atoms with Gasteiger partial charge in [0.1, 0.15) is 11.5 Å². The van der Waals surface area contributed by atoms with Crippen LogP contribution < -0.4 is 4.74 Å². The number of carbonyl (C=O) groups excluding carboxylic acids is 1. The fraction of sp³-hybridized carbons (Fsp3) is 0.286. The number of Topliss-reactive ketones (excluding diaryl/α,β-unsaturated/α-hetero) is 1. The monoisotopic (exact) mass is 262 g/mol. The molecule has 0 atom stereocenters. The van der Waals surface area contributed by atoms with Crippen molar-refractivity contribution in [1.82, 2.24) is 9.78 Å². The lowest BCUT2D eigenvalue weighted by Crippen LogP contribution is -2.12. The molecule has 2 rings (SSSR count). The predicted octanol–water partition coefficient (Wildman–Crippen LogP) is 2.48. The second kappa shape index (κ2) is 5.65. The van der Waals surface area contributed by atoms with Gasteiger partial charge in [-0.25, -0.2) is 4.39 Å². The van der Waals surface area contributed by atoms with E-state index in [4.69, 9.17) is 4.74 Å². The molecule has 0 saturated carbocycles. The lowest BCUT2D eigenvalue weighted by molar-refractivity contribution is 0.0979. The molecule has 0 aliphatic rings. The smallest absolute Gasteiger partial charge is 0.189 e. The Morgan fingerprint density at radius 2 is 2.05 bits per heavy atom. The van der Waals surface area contributed by atoms with Gasteiger partial charge < -0.3 is 4.74 Å². The molecule has 0 unspecified atom stereocenters. The van der Waals surface area contributed by atoms with Gasteiger partial charge in [-0.1, -0.05) is 12.1 Å². The van der Waals surface area contributed by atoms with Gasteiger partial charge >= 0.3 is 0 Å². The first-order valence-corrected chi connectivity index (χ1v) is 6.03. The van der Waals surface area contributed by atoms with Crippen LogP contribution >= 0.6 is 0 Å². The van der Waals surface area contributed by atoms with Crippen LogP contribution in [0.1, 0.15) is 23.0 Å². The van der Waals surface area contributed by atoms with E-state index in [1.807, 2.05) is 6.92 Å². The molecule has 0 amide bonds. The van der Waals surface area contributed by atoms with Crippen molar-refractivity contribution in [3.63, 3.8) is 0 Å². The van der Waals surface area contributed by atoms with Gasteiger partial charge in [0.05, 0.1) is 13.3 Å². The van der Waals surface area contributed by atoms with Gasteiger partial charge in [-0.15, -0.1) is 0 Å². The van der Waals surface area contributed by atoms with E-state index in [1.54, 1.807) is 16.8 Å². The summed E-state index contributed by atoms with van der Waals surface area (Å²) in [6.45, 7) is 2.50. The summed E-state index contributed by atoms with van der Waals surface area (Å²) in [6, 6.07) is 5.90. The van der Waals surface area contributed by atoms with Crippen LogP contribution in [-0.2, 0) is 13.0 Å². The fourth-order valence-corrected chi connectivity index (χ4v) is 1.91. The molecule has 1 aromatic heterocycles. The summed E-state index contributed by atoms with van der Waals surface area (Å²) in [5.41, 5.74) is 1.21. The molecule has 0 aliphatic carbocycles. The van der Waals surface area contributed by atoms with Crippen molar-refractivity contribution < 1.29 is 13.9 Å². The highest BCUT2D eigenvalue weighted by atomic mass is 19.1. The van der Waals surface area contributed by atoms with Crippen LogP contribution in [0.3, 0.4) is 0 Å². The van der Waals surface area contributed by atoms with Crippen LogP contribution in [0.5, 0.6) is 5.75 Å². The minimum Gasteiger partial charge on any atom is -0.493 e. The zero-order valence-corrected chi connectivity index (χ0v) is 10.9. The van der Waals surface area contributed by atoms with Crippen LogP contribution in [0.2, 0.25) is 0 Å². The Morgan fingerprint density at radius 1 is 1.37 bits per heavy atom. The Labute approximate surface area is 110 Å². The van der Waals surface area contributed by atoms with E-state index in [0.29, 0.717) is 18.0 Å². The van der Waals surface area contributed by atoms with Crippen molar-refractivity contribution in [2.24, 2.45) is 0 Å². The molecular formula is C14H15FN2O2. The summed E-state index contributed by atoms with van der Waals surface area (Å²) >= 11 is 0. The molecule has 0 aliphatic heterocycles. The Kier molecular flexibility index (Phi) is 3.94. The van der Waals surface area contributed by atoms with Gasteiger partial charge in [-0.05, 0) is 24.6 Å². The van der Waals surface area contributed by atoms with Gasteiger partial charge in [0.25, 0.3) is 0 Å². The third kappa shape index (κ3) is 2.81. The summed E-state index contributed by atoms with van der Waals surface area (Å²) in [4.78, 5) is 12.3. The number of rotatable bonds is 5. The molecule has 4 nitrogen and oxygen atoms in total. The largest absolute Gasteiger partial charge is 0.493 e. The van der Waals surface area contributed by atoms with E-state index in [9.17, 15) is 9.18 Å². The predicted molar refractivity (Wildman–Crippen MR) is 68.9 cm³/mol. The fourth-order valence-electron chi connectivity index (χ4n) is 1.91. The molecule has 1 heterocycles. The van der Waals surface area contributed by atoms with Crippen molar-refractivity contribution in [3.8, 4) is 5.75 Å². The molecular weight excluding hydrogens is 247 g/mol. The average molecular weight is 262 g/mol. The standard InChI is InChI=1S/C14H15FN2O2/c1-3-17-14(13(19-2)9-16-17)12(18)8-10-4-6-11(15)7-5-10/h4-7,9H,3,8H2,1-2H3. The highest BCUT2D eigenvalue weighted by Gasteiger charge is 2.18. The first kappa shape index (κ1) is 13.3. The van der Waals surface area contributed by atoms with Gasteiger partial charge in [-0.2, -0.15) is 5.10 Å². The minimum atomic E-state index is -0.313. The lowest BCUT2D eigenvalue weighted by atomic mass is 10.1. The molecule has 0 bridgehead atoms. The van der Waals surface area contributed by atoms with Gasteiger partial charge in [0, 0.05) is 13.0 Å². The Morgan fingerprint density at radius 3 is 2.63 bits per heavy atom. The van der Waals surface area contributed by atoms with Crippen molar-refractivity contribution in [2.75, 3.05) is 7.11 Å². The summed E-state index contributed by atoms with van der Waals surface area (Å²) in [5, 5.41) is 4.09. The van der Waals surface area contributed by atoms with Crippen LogP contribution in [0.25, 0.3) is 0 Å². The van der Waals surface area contributed by atoms with Gasteiger partial charge in [0.15, 0.2) is 11.5 Å². The topological polar surface area (TPSA) is 44.1 Å². The number of hydrogen-bond donors (Lipinski definition) is 0. The van der Waals surface area contributed by atoms with E-state index in [2.05, 4.69) is 5.10 Å². The molecule has 1 aromatic carbocycles. The summed E-state index contributed by atoms with van der Waals surface area (Å²) < 4.78 is 19.6. The highest BCUT2D eigenvalue weighted by molar-refractivity contribution is 5.98. The minimum absolute atomic E-state index is 0.0946. The number of halogens is 1. The maximum Gasteiger partial charge on any atom is 0.189 e. The third-order valence-electron chi connectivity index (χ3n) is 2.87. The van der Waals surface area contributed by atoms with Gasteiger partial charge in [0.2, 0.25) is 0 Å². The number of aromatic nitrogens is 2. The molecule has 0 saturated heterocycles. The Hall–Kier alpha value is -2.17. The molecule has 0 N–H and O–H groups in total. The molecule has 5 heteroatoms. The molecule has 0 radical (unpaired) electrons. The highest BCUT2D eigenvalue weighted by Crippen LogP contribution is 2.20. The average Bonchev–Trinajstić information content (AvgIpc) is 2.84. The zero-order chi connectivity index (χ0) is 13.8. The lowest BCUT2D eigenvalue weighted by Gasteiger charge is -2.06. The number of aryl methyl sites for hydroxylation is 1. The number of carbonyl (C=O) groups is 1. The van der Waals surface area contributed by atoms with E-state index in [-0.39, 0.29) is 18.0 Å². The maximum absolute atomic E-state index is 12.8. The first-order chi connectivity index (χ1) is 9.15. The maximum atomic E-state index is 12.8. The molecule has 0 fully saturated rings. The SMILES string of the molecule is CCn1ncc(OC)c1C(=O)Cc1ccc(F)cc1. The van der Waals surface area contributed by atoms with Crippen molar-refractivity contribution in [1.29, 1.82) is 0 Å². The second-order valence-electron chi connectivity index (χ2n) is 4.10. The number of ether oxygens (including phenoxy) is 1. The van der Waals surface area contributed by atoms with Crippen molar-refractivity contribution >= 4 is 5.78 Å².